The predicted octanol–water partition coefficient (Wildman–Crippen LogP) is 4.18. The molecule has 0 aliphatic carbocycles. The topological polar surface area (TPSA) is 89.8 Å². The van der Waals surface area contributed by atoms with Gasteiger partial charge < -0.3 is 10.1 Å². The lowest BCUT2D eigenvalue weighted by molar-refractivity contribution is 0.514. The summed E-state index contributed by atoms with van der Waals surface area (Å²) in [6.07, 6.45) is 0. The Morgan fingerprint density at radius 3 is 2.67 bits per heavy atom. The van der Waals surface area contributed by atoms with Crippen LogP contribution in [-0.4, -0.2) is 15.1 Å². The van der Waals surface area contributed by atoms with Crippen molar-refractivity contribution in [1.29, 1.82) is 5.26 Å². The zero-order chi connectivity index (χ0) is 17.3. The SMILES string of the molecule is N#C/C(=C(/O)c1ccc(Cl)cc1Cl)c1nc2ccccc2c(=O)[nH]1. The number of halogens is 2. The molecule has 0 saturated heterocycles. The molecular formula is C17H9Cl2N3O2. The third kappa shape index (κ3) is 2.85. The van der Waals surface area contributed by atoms with E-state index in [0.717, 1.165) is 0 Å². The first-order valence-electron chi connectivity index (χ1n) is 6.79. The summed E-state index contributed by atoms with van der Waals surface area (Å²) in [7, 11) is 0. The highest BCUT2D eigenvalue weighted by Gasteiger charge is 2.16. The number of H-pyrrole nitrogens is 1. The number of rotatable bonds is 2. The number of aliphatic hydroxyl groups excluding tert-OH is 1. The van der Waals surface area contributed by atoms with Gasteiger partial charge in [-0.3, -0.25) is 4.79 Å². The van der Waals surface area contributed by atoms with Gasteiger partial charge in [-0.2, -0.15) is 5.26 Å². The van der Waals surface area contributed by atoms with E-state index in [1.165, 1.54) is 18.2 Å². The van der Waals surface area contributed by atoms with E-state index in [1.54, 1.807) is 24.3 Å². The number of benzene rings is 2. The maximum absolute atomic E-state index is 12.1. The molecule has 0 unspecified atom stereocenters. The Morgan fingerprint density at radius 1 is 1.21 bits per heavy atom. The Bertz CT molecular complexity index is 1080. The van der Waals surface area contributed by atoms with Gasteiger partial charge in [-0.05, 0) is 30.3 Å². The van der Waals surface area contributed by atoms with Crippen molar-refractivity contribution in [2.75, 3.05) is 0 Å². The summed E-state index contributed by atoms with van der Waals surface area (Å²) in [6, 6.07) is 13.0. The molecule has 1 aromatic heterocycles. The van der Waals surface area contributed by atoms with Crippen LogP contribution in [0.5, 0.6) is 0 Å². The second-order valence-corrected chi connectivity index (χ2v) is 5.73. The maximum atomic E-state index is 12.1. The van der Waals surface area contributed by atoms with Crippen molar-refractivity contribution in [1.82, 2.24) is 9.97 Å². The Hall–Kier alpha value is -2.81. The standard InChI is InChI=1S/C17H9Cl2N3O2/c18-9-5-6-10(13(19)7-9)15(23)12(8-20)16-21-14-4-2-1-3-11(14)17(24)22-16/h1-7,23H,(H,21,22,24)/b15-12-. The van der Waals surface area contributed by atoms with E-state index in [1.807, 2.05) is 6.07 Å². The van der Waals surface area contributed by atoms with Crippen LogP contribution in [0.3, 0.4) is 0 Å². The van der Waals surface area contributed by atoms with Gasteiger partial charge in [0.2, 0.25) is 0 Å². The second-order valence-electron chi connectivity index (χ2n) is 4.89. The van der Waals surface area contributed by atoms with Gasteiger partial charge in [-0.1, -0.05) is 35.3 Å². The second kappa shape index (κ2) is 6.36. The normalized spacial score (nSPS) is 11.9. The molecule has 7 heteroatoms. The summed E-state index contributed by atoms with van der Waals surface area (Å²) in [4.78, 5) is 18.9. The van der Waals surface area contributed by atoms with Gasteiger partial charge in [0.25, 0.3) is 5.56 Å². The minimum atomic E-state index is -0.404. The quantitative estimate of drug-likeness (QED) is 0.531. The highest BCUT2D eigenvalue weighted by molar-refractivity contribution is 6.35. The third-order valence-electron chi connectivity index (χ3n) is 3.38. The number of aliphatic hydroxyl groups is 1. The summed E-state index contributed by atoms with van der Waals surface area (Å²) in [6.45, 7) is 0. The molecule has 0 fully saturated rings. The van der Waals surface area contributed by atoms with Crippen LogP contribution in [0.25, 0.3) is 22.2 Å². The smallest absolute Gasteiger partial charge is 0.259 e. The molecule has 0 bridgehead atoms. The number of aromatic nitrogens is 2. The highest BCUT2D eigenvalue weighted by Crippen LogP contribution is 2.29. The number of hydrogen-bond acceptors (Lipinski definition) is 4. The highest BCUT2D eigenvalue weighted by atomic mass is 35.5. The lowest BCUT2D eigenvalue weighted by Gasteiger charge is -2.07. The summed E-state index contributed by atoms with van der Waals surface area (Å²) in [5.41, 5.74) is 0.0351. The Morgan fingerprint density at radius 2 is 1.96 bits per heavy atom. The predicted molar refractivity (Wildman–Crippen MR) is 93.9 cm³/mol. The molecule has 0 spiro atoms. The van der Waals surface area contributed by atoms with Gasteiger partial charge in [0.05, 0.1) is 15.9 Å². The molecule has 2 aromatic carbocycles. The van der Waals surface area contributed by atoms with Crippen molar-refractivity contribution in [3.8, 4) is 6.07 Å². The first-order chi connectivity index (χ1) is 11.5. The van der Waals surface area contributed by atoms with Gasteiger partial charge >= 0.3 is 0 Å². The largest absolute Gasteiger partial charge is 0.506 e. The van der Waals surface area contributed by atoms with Crippen molar-refractivity contribution in [2.45, 2.75) is 0 Å². The molecule has 0 saturated carbocycles. The third-order valence-corrected chi connectivity index (χ3v) is 3.93. The molecule has 0 aliphatic heterocycles. The van der Waals surface area contributed by atoms with Crippen molar-refractivity contribution < 1.29 is 5.11 Å². The lowest BCUT2D eigenvalue weighted by atomic mass is 10.1. The molecule has 118 valence electrons. The minimum Gasteiger partial charge on any atom is -0.506 e. The number of nitrogens with zero attached hydrogens (tertiary/aromatic N) is 2. The molecule has 1 heterocycles. The van der Waals surface area contributed by atoms with Crippen LogP contribution in [0.4, 0.5) is 0 Å². The summed E-state index contributed by atoms with van der Waals surface area (Å²) in [5.74, 6) is -0.428. The number of aromatic amines is 1. The Labute approximate surface area is 146 Å². The molecule has 0 atom stereocenters. The zero-order valence-electron chi connectivity index (χ0n) is 12.0. The van der Waals surface area contributed by atoms with Crippen LogP contribution < -0.4 is 5.56 Å². The van der Waals surface area contributed by atoms with Crippen molar-refractivity contribution >= 4 is 45.4 Å². The summed E-state index contributed by atoms with van der Waals surface area (Å²) in [5, 5.41) is 20.8. The summed E-state index contributed by atoms with van der Waals surface area (Å²) < 4.78 is 0. The minimum absolute atomic E-state index is 0.0373. The fourth-order valence-electron chi connectivity index (χ4n) is 2.24. The van der Waals surface area contributed by atoms with E-state index in [9.17, 15) is 15.2 Å². The monoisotopic (exact) mass is 357 g/mol. The van der Waals surface area contributed by atoms with Crippen LogP contribution in [0.1, 0.15) is 11.4 Å². The number of nitrogens with one attached hydrogen (secondary N) is 1. The van der Waals surface area contributed by atoms with Gasteiger partial charge in [0.15, 0.2) is 5.82 Å². The molecule has 0 aliphatic rings. The van der Waals surface area contributed by atoms with E-state index in [0.29, 0.717) is 15.9 Å². The van der Waals surface area contributed by atoms with E-state index >= 15 is 0 Å². The number of nitriles is 1. The van der Waals surface area contributed by atoms with Gasteiger partial charge in [-0.15, -0.1) is 0 Å². The van der Waals surface area contributed by atoms with Gasteiger partial charge in [0, 0.05) is 10.6 Å². The molecule has 3 rings (SSSR count). The number of fused-ring (bicyclic) bond motifs is 1. The van der Waals surface area contributed by atoms with Crippen molar-refractivity contribution in [3.63, 3.8) is 0 Å². The molecule has 0 radical (unpaired) electrons. The molecule has 5 nitrogen and oxygen atoms in total. The number of allylic oxidation sites excluding steroid dienone is 1. The molecule has 3 aromatic rings. The number of para-hydroxylation sites is 1. The Kier molecular flexibility index (Phi) is 4.26. The van der Waals surface area contributed by atoms with Crippen LogP contribution in [0, 0.1) is 11.3 Å². The van der Waals surface area contributed by atoms with Crippen LogP contribution in [0.15, 0.2) is 47.3 Å². The first-order valence-corrected chi connectivity index (χ1v) is 7.55. The van der Waals surface area contributed by atoms with Crippen molar-refractivity contribution in [3.05, 3.63) is 74.3 Å². The van der Waals surface area contributed by atoms with E-state index in [-0.39, 0.29) is 22.0 Å². The number of hydrogen-bond donors (Lipinski definition) is 2. The molecule has 0 amide bonds. The molecule has 2 N–H and O–H groups in total. The zero-order valence-corrected chi connectivity index (χ0v) is 13.6. The fraction of sp³-hybridized carbons (Fsp3) is 0. The van der Waals surface area contributed by atoms with Crippen LogP contribution in [0.2, 0.25) is 10.0 Å². The summed E-state index contributed by atoms with van der Waals surface area (Å²) >= 11 is 11.9. The average Bonchev–Trinajstić information content (AvgIpc) is 2.55. The molecule has 24 heavy (non-hydrogen) atoms. The van der Waals surface area contributed by atoms with Gasteiger partial charge in [0.1, 0.15) is 17.4 Å². The van der Waals surface area contributed by atoms with Crippen LogP contribution in [-0.2, 0) is 0 Å². The molecular weight excluding hydrogens is 349 g/mol. The van der Waals surface area contributed by atoms with E-state index in [2.05, 4.69) is 9.97 Å². The van der Waals surface area contributed by atoms with E-state index < -0.39 is 11.3 Å². The van der Waals surface area contributed by atoms with Crippen LogP contribution >= 0.6 is 23.2 Å². The van der Waals surface area contributed by atoms with E-state index in [4.69, 9.17) is 23.2 Å². The maximum Gasteiger partial charge on any atom is 0.259 e. The Balaban J connectivity index is 2.25. The average molecular weight is 358 g/mol. The van der Waals surface area contributed by atoms with Gasteiger partial charge in [-0.25, -0.2) is 4.98 Å². The first kappa shape index (κ1) is 16.1. The fourth-order valence-corrected chi connectivity index (χ4v) is 2.74. The van der Waals surface area contributed by atoms with Crippen molar-refractivity contribution in [2.24, 2.45) is 0 Å². The lowest BCUT2D eigenvalue weighted by Crippen LogP contribution is -2.11.